The maximum atomic E-state index is 5.79. The van der Waals surface area contributed by atoms with Gasteiger partial charge in [-0.05, 0) is 18.6 Å². The highest BCUT2D eigenvalue weighted by Gasteiger charge is 2.39. The van der Waals surface area contributed by atoms with E-state index in [-0.39, 0.29) is 0 Å². The SMILES string of the molecule is c1ccc2oc(N3CC4C[C@@H]3CN4)nc2c1. The first-order valence-corrected chi connectivity index (χ1v) is 5.76. The van der Waals surface area contributed by atoms with Gasteiger partial charge in [-0.3, -0.25) is 0 Å². The second-order valence-electron chi connectivity index (χ2n) is 4.61. The first-order valence-electron chi connectivity index (χ1n) is 5.76. The Kier molecular flexibility index (Phi) is 1.60. The molecule has 2 aliphatic heterocycles. The summed E-state index contributed by atoms with van der Waals surface area (Å²) in [6.07, 6.45) is 1.22. The van der Waals surface area contributed by atoms with Crippen LogP contribution in [0.1, 0.15) is 6.42 Å². The fourth-order valence-electron chi connectivity index (χ4n) is 2.78. The van der Waals surface area contributed by atoms with Crippen LogP contribution in [-0.4, -0.2) is 30.2 Å². The van der Waals surface area contributed by atoms with Gasteiger partial charge in [0.1, 0.15) is 5.52 Å². The molecule has 2 atom stereocenters. The van der Waals surface area contributed by atoms with E-state index in [9.17, 15) is 0 Å². The van der Waals surface area contributed by atoms with Crippen LogP contribution < -0.4 is 10.2 Å². The average Bonchev–Trinajstić information content (AvgIpc) is 3.02. The molecule has 0 aliphatic carbocycles. The van der Waals surface area contributed by atoms with Gasteiger partial charge in [0, 0.05) is 25.2 Å². The van der Waals surface area contributed by atoms with E-state index in [0.29, 0.717) is 12.1 Å². The van der Waals surface area contributed by atoms with E-state index in [1.807, 2.05) is 24.3 Å². The lowest BCUT2D eigenvalue weighted by atomic mass is 10.2. The molecule has 1 aromatic carbocycles. The summed E-state index contributed by atoms with van der Waals surface area (Å²) in [4.78, 5) is 6.84. The van der Waals surface area contributed by atoms with E-state index in [2.05, 4.69) is 15.2 Å². The molecule has 0 saturated carbocycles. The molecule has 3 heterocycles. The van der Waals surface area contributed by atoms with Crippen molar-refractivity contribution < 1.29 is 4.42 Å². The van der Waals surface area contributed by atoms with Crippen molar-refractivity contribution >= 4 is 17.1 Å². The predicted octanol–water partition coefficient (Wildman–Crippen LogP) is 1.38. The monoisotopic (exact) mass is 215 g/mol. The topological polar surface area (TPSA) is 41.3 Å². The number of aromatic nitrogens is 1. The molecule has 2 bridgehead atoms. The molecule has 4 heteroatoms. The zero-order chi connectivity index (χ0) is 10.5. The van der Waals surface area contributed by atoms with Gasteiger partial charge in [0.2, 0.25) is 0 Å². The molecule has 0 radical (unpaired) electrons. The van der Waals surface area contributed by atoms with E-state index in [4.69, 9.17) is 4.42 Å². The lowest BCUT2D eigenvalue weighted by Crippen LogP contribution is -2.43. The molecule has 1 N–H and O–H groups in total. The fraction of sp³-hybridized carbons (Fsp3) is 0.417. The van der Waals surface area contributed by atoms with Gasteiger partial charge in [0.05, 0.1) is 0 Å². The van der Waals surface area contributed by atoms with Gasteiger partial charge in [-0.15, -0.1) is 0 Å². The van der Waals surface area contributed by atoms with Gasteiger partial charge in [0.25, 0.3) is 6.01 Å². The number of para-hydroxylation sites is 2. The zero-order valence-corrected chi connectivity index (χ0v) is 8.89. The molecule has 1 aromatic heterocycles. The minimum atomic E-state index is 0.568. The second-order valence-corrected chi connectivity index (χ2v) is 4.61. The third kappa shape index (κ3) is 1.10. The number of piperazine rings is 1. The van der Waals surface area contributed by atoms with E-state index in [1.165, 1.54) is 6.42 Å². The molecule has 16 heavy (non-hydrogen) atoms. The molecule has 4 nitrogen and oxygen atoms in total. The summed E-state index contributed by atoms with van der Waals surface area (Å²) in [5, 5.41) is 3.48. The average molecular weight is 215 g/mol. The van der Waals surface area contributed by atoms with Crippen molar-refractivity contribution in [2.45, 2.75) is 18.5 Å². The Balaban J connectivity index is 1.76. The van der Waals surface area contributed by atoms with Crippen molar-refractivity contribution in [2.75, 3.05) is 18.0 Å². The van der Waals surface area contributed by atoms with Crippen LogP contribution in [0, 0.1) is 0 Å². The summed E-state index contributed by atoms with van der Waals surface area (Å²) < 4.78 is 5.79. The lowest BCUT2D eigenvalue weighted by molar-refractivity contribution is 0.514. The third-order valence-electron chi connectivity index (χ3n) is 3.58. The molecular weight excluding hydrogens is 202 g/mol. The molecule has 0 amide bonds. The highest BCUT2D eigenvalue weighted by atomic mass is 16.4. The van der Waals surface area contributed by atoms with Crippen LogP contribution in [0.25, 0.3) is 11.1 Å². The standard InChI is InChI=1S/C12H13N3O/c1-2-4-11-10(3-1)14-12(16-11)15-7-8-5-9(15)6-13-8/h1-4,8-9,13H,5-7H2/t8?,9-/m1/s1. The van der Waals surface area contributed by atoms with Crippen LogP contribution in [0.3, 0.4) is 0 Å². The van der Waals surface area contributed by atoms with Crippen LogP contribution in [-0.2, 0) is 0 Å². The van der Waals surface area contributed by atoms with Crippen molar-refractivity contribution in [3.8, 4) is 0 Å². The van der Waals surface area contributed by atoms with Crippen LogP contribution >= 0.6 is 0 Å². The predicted molar refractivity (Wildman–Crippen MR) is 61.6 cm³/mol. The maximum absolute atomic E-state index is 5.79. The normalized spacial score (nSPS) is 28.1. The quantitative estimate of drug-likeness (QED) is 0.780. The van der Waals surface area contributed by atoms with Crippen molar-refractivity contribution in [3.05, 3.63) is 24.3 Å². The molecule has 1 unspecified atom stereocenters. The van der Waals surface area contributed by atoms with E-state index >= 15 is 0 Å². The molecule has 82 valence electrons. The maximum Gasteiger partial charge on any atom is 0.298 e. The Morgan fingerprint density at radius 1 is 1.38 bits per heavy atom. The molecular formula is C12H13N3O. The van der Waals surface area contributed by atoms with Crippen molar-refractivity contribution in [1.29, 1.82) is 0 Å². The van der Waals surface area contributed by atoms with Gasteiger partial charge >= 0.3 is 0 Å². The van der Waals surface area contributed by atoms with Crippen molar-refractivity contribution in [3.63, 3.8) is 0 Å². The highest BCUT2D eigenvalue weighted by molar-refractivity contribution is 5.74. The lowest BCUT2D eigenvalue weighted by Gasteiger charge is -2.25. The Labute approximate surface area is 93.2 Å². The summed E-state index contributed by atoms with van der Waals surface area (Å²) in [7, 11) is 0. The number of hydrogen-bond acceptors (Lipinski definition) is 4. The molecule has 4 rings (SSSR count). The smallest absolute Gasteiger partial charge is 0.298 e. The third-order valence-corrected chi connectivity index (χ3v) is 3.58. The van der Waals surface area contributed by atoms with Gasteiger partial charge in [-0.25, -0.2) is 0 Å². The van der Waals surface area contributed by atoms with Gasteiger partial charge < -0.3 is 14.6 Å². The number of fused-ring (bicyclic) bond motifs is 3. The van der Waals surface area contributed by atoms with Crippen molar-refractivity contribution in [2.24, 2.45) is 0 Å². The van der Waals surface area contributed by atoms with Crippen LogP contribution in [0.2, 0.25) is 0 Å². The summed E-state index contributed by atoms with van der Waals surface area (Å²) >= 11 is 0. The Bertz CT molecular complexity index is 503. The Hall–Kier alpha value is -1.55. The number of oxazole rings is 1. The minimum Gasteiger partial charge on any atom is -0.423 e. The second kappa shape index (κ2) is 2.98. The minimum absolute atomic E-state index is 0.568. The highest BCUT2D eigenvalue weighted by Crippen LogP contribution is 2.30. The van der Waals surface area contributed by atoms with E-state index < -0.39 is 0 Å². The summed E-state index contributed by atoms with van der Waals surface area (Å²) in [6.45, 7) is 2.08. The Morgan fingerprint density at radius 3 is 3.06 bits per heavy atom. The summed E-state index contributed by atoms with van der Waals surface area (Å²) in [6, 6.07) is 9.92. The number of hydrogen-bond donors (Lipinski definition) is 1. The van der Waals surface area contributed by atoms with E-state index in [1.54, 1.807) is 0 Å². The molecule has 0 spiro atoms. The van der Waals surface area contributed by atoms with Gasteiger partial charge in [-0.2, -0.15) is 4.98 Å². The molecule has 2 aliphatic rings. The number of nitrogens with one attached hydrogen (secondary N) is 1. The summed E-state index contributed by atoms with van der Waals surface area (Å²) in [5.41, 5.74) is 1.83. The van der Waals surface area contributed by atoms with Crippen LogP contribution in [0.15, 0.2) is 28.7 Å². The zero-order valence-electron chi connectivity index (χ0n) is 8.89. The first-order chi connectivity index (χ1) is 7.90. The fourth-order valence-corrected chi connectivity index (χ4v) is 2.78. The molecule has 2 aromatic rings. The Morgan fingerprint density at radius 2 is 2.31 bits per heavy atom. The van der Waals surface area contributed by atoms with Gasteiger partial charge in [0.15, 0.2) is 5.58 Å². The number of anilines is 1. The van der Waals surface area contributed by atoms with Crippen LogP contribution in [0.5, 0.6) is 0 Å². The summed E-state index contributed by atoms with van der Waals surface area (Å²) in [5.74, 6) is 0. The first kappa shape index (κ1) is 8.58. The van der Waals surface area contributed by atoms with Gasteiger partial charge in [-0.1, -0.05) is 12.1 Å². The largest absolute Gasteiger partial charge is 0.423 e. The molecule has 2 fully saturated rings. The number of nitrogens with zero attached hydrogens (tertiary/aromatic N) is 2. The van der Waals surface area contributed by atoms with E-state index in [0.717, 1.165) is 30.2 Å². The number of benzene rings is 1. The van der Waals surface area contributed by atoms with Crippen LogP contribution in [0.4, 0.5) is 6.01 Å². The number of rotatable bonds is 1. The molecule has 2 saturated heterocycles. The van der Waals surface area contributed by atoms with Crippen molar-refractivity contribution in [1.82, 2.24) is 10.3 Å².